The highest BCUT2D eigenvalue weighted by molar-refractivity contribution is 8.01. The van der Waals surface area contributed by atoms with Gasteiger partial charge >= 0.3 is 0 Å². The first-order valence-corrected chi connectivity index (χ1v) is 7.85. The van der Waals surface area contributed by atoms with Gasteiger partial charge in [-0.1, -0.05) is 51.1 Å². The molecule has 112 valence electrons. The van der Waals surface area contributed by atoms with Crippen LogP contribution in [0.4, 0.5) is 0 Å². The molecule has 0 saturated heterocycles. The summed E-state index contributed by atoms with van der Waals surface area (Å²) in [5, 5.41) is 9.87. The van der Waals surface area contributed by atoms with E-state index in [4.69, 9.17) is 12.2 Å². The molecule has 0 aliphatic carbocycles. The molecule has 0 amide bonds. The fourth-order valence-electron chi connectivity index (χ4n) is 2.00. The number of rotatable bonds is 3. The van der Waals surface area contributed by atoms with Crippen LogP contribution in [0.25, 0.3) is 0 Å². The lowest BCUT2D eigenvalue weighted by Crippen LogP contribution is -2.20. The molecule has 1 aromatic heterocycles. The van der Waals surface area contributed by atoms with Crippen LogP contribution in [-0.2, 0) is 0 Å². The fraction of sp³-hybridized carbons (Fsp3) is 0.333. The highest BCUT2D eigenvalue weighted by atomic mass is 32.2. The molecular formula is C15H18N2O2S2. The van der Waals surface area contributed by atoms with E-state index in [1.807, 2.05) is 30.3 Å². The number of hydrogen-bond acceptors (Lipinski definition) is 4. The van der Waals surface area contributed by atoms with Gasteiger partial charge in [-0.25, -0.2) is 0 Å². The summed E-state index contributed by atoms with van der Waals surface area (Å²) in [4.78, 5) is 17.4. The van der Waals surface area contributed by atoms with Crippen molar-refractivity contribution >= 4 is 24.0 Å². The molecule has 0 radical (unpaired) electrons. The van der Waals surface area contributed by atoms with E-state index < -0.39 is 0 Å². The standard InChI is InChI=1S/C15H18N2O2S2/c1-15(2,3)21-11(9-7-5-4-6-8-9)10-12(18)16-14(20)17-13(10)19/h4-8,11H,1-3H3,(H3,16,17,18,19,20)/t11-/m0/s1. The number of H-pyrrole nitrogens is 2. The lowest BCUT2D eigenvalue weighted by Gasteiger charge is -2.26. The van der Waals surface area contributed by atoms with Crippen molar-refractivity contribution in [2.75, 3.05) is 0 Å². The molecule has 2 aromatic rings. The molecule has 0 unspecified atom stereocenters. The maximum atomic E-state index is 12.2. The number of aromatic amines is 2. The summed E-state index contributed by atoms with van der Waals surface area (Å²) < 4.78 is 0.0419. The topological polar surface area (TPSA) is 68.9 Å². The molecule has 4 nitrogen and oxygen atoms in total. The van der Waals surface area contributed by atoms with Gasteiger partial charge in [0.05, 0.1) is 10.8 Å². The first-order valence-electron chi connectivity index (χ1n) is 6.56. The maximum absolute atomic E-state index is 12.2. The van der Waals surface area contributed by atoms with E-state index in [0.717, 1.165) is 5.56 Å². The Bertz CT molecular complexity index is 730. The Morgan fingerprint density at radius 2 is 1.81 bits per heavy atom. The van der Waals surface area contributed by atoms with E-state index in [1.54, 1.807) is 11.8 Å². The zero-order chi connectivity index (χ0) is 15.6. The van der Waals surface area contributed by atoms with Gasteiger partial charge < -0.3 is 10.1 Å². The molecule has 0 aliphatic rings. The average Bonchev–Trinajstić information content (AvgIpc) is 2.36. The number of benzene rings is 1. The average molecular weight is 322 g/mol. The minimum atomic E-state index is -0.359. The van der Waals surface area contributed by atoms with Gasteiger partial charge in [-0.2, -0.15) is 0 Å². The van der Waals surface area contributed by atoms with Crippen molar-refractivity contribution in [2.24, 2.45) is 0 Å². The van der Waals surface area contributed by atoms with Crippen molar-refractivity contribution in [3.63, 3.8) is 0 Å². The Kier molecular flexibility index (Phi) is 4.58. The molecule has 6 heteroatoms. The summed E-state index contributed by atoms with van der Waals surface area (Å²) >= 11 is 6.49. The maximum Gasteiger partial charge on any atom is 0.260 e. The minimum absolute atomic E-state index is 0.0774. The quantitative estimate of drug-likeness (QED) is 0.753. The van der Waals surface area contributed by atoms with Crippen molar-refractivity contribution in [3.05, 3.63) is 56.6 Å². The molecule has 0 aliphatic heterocycles. The molecule has 1 heterocycles. The van der Waals surface area contributed by atoms with E-state index in [2.05, 4.69) is 30.7 Å². The third-order valence-electron chi connectivity index (χ3n) is 2.79. The zero-order valence-corrected chi connectivity index (χ0v) is 13.8. The van der Waals surface area contributed by atoms with Gasteiger partial charge in [-0.3, -0.25) is 9.78 Å². The van der Waals surface area contributed by atoms with Gasteiger partial charge in [0.2, 0.25) is 5.88 Å². The van der Waals surface area contributed by atoms with E-state index in [1.165, 1.54) is 0 Å². The van der Waals surface area contributed by atoms with Crippen molar-refractivity contribution in [1.29, 1.82) is 0 Å². The van der Waals surface area contributed by atoms with Gasteiger partial charge in [0.25, 0.3) is 5.56 Å². The van der Waals surface area contributed by atoms with Crippen LogP contribution >= 0.6 is 24.0 Å². The molecule has 0 saturated carbocycles. The van der Waals surface area contributed by atoms with Crippen molar-refractivity contribution in [3.8, 4) is 5.88 Å². The largest absolute Gasteiger partial charge is 0.494 e. The first-order chi connectivity index (χ1) is 9.78. The van der Waals surface area contributed by atoms with Gasteiger partial charge in [0.15, 0.2) is 4.77 Å². The SMILES string of the molecule is CC(C)(C)S[C@@H](c1ccccc1)c1c(O)[nH]c(=S)[nH]c1=O. The molecule has 1 atom stereocenters. The van der Waals surface area contributed by atoms with E-state index in [-0.39, 0.29) is 26.2 Å². The summed E-state index contributed by atoms with van der Waals surface area (Å²) in [6.45, 7) is 6.22. The molecule has 3 N–H and O–H groups in total. The Morgan fingerprint density at radius 3 is 2.33 bits per heavy atom. The highest BCUT2D eigenvalue weighted by Gasteiger charge is 2.27. The molecule has 0 bridgehead atoms. The smallest absolute Gasteiger partial charge is 0.260 e. The lowest BCUT2D eigenvalue weighted by molar-refractivity contribution is 0.442. The number of hydrogen-bond donors (Lipinski definition) is 3. The summed E-state index contributed by atoms with van der Waals surface area (Å²) in [5.74, 6) is -0.172. The van der Waals surface area contributed by atoms with E-state index in [0.29, 0.717) is 5.56 Å². The number of aromatic nitrogens is 2. The molecule has 0 spiro atoms. The molecule has 0 fully saturated rings. The molecule has 1 aromatic carbocycles. The normalized spacial score (nSPS) is 13.1. The number of thioether (sulfide) groups is 1. The summed E-state index contributed by atoms with van der Waals surface area (Å²) in [6.07, 6.45) is 0. The van der Waals surface area contributed by atoms with Gasteiger partial charge in [-0.05, 0) is 17.8 Å². The predicted molar refractivity (Wildman–Crippen MR) is 89.5 cm³/mol. The fourth-order valence-corrected chi connectivity index (χ4v) is 3.53. The van der Waals surface area contributed by atoms with Crippen LogP contribution in [0.5, 0.6) is 5.88 Å². The second kappa shape index (κ2) is 6.07. The summed E-state index contributed by atoms with van der Waals surface area (Å²) in [6, 6.07) is 9.66. The summed E-state index contributed by atoms with van der Waals surface area (Å²) in [7, 11) is 0. The van der Waals surface area contributed by atoms with E-state index in [9.17, 15) is 9.90 Å². The van der Waals surface area contributed by atoms with Crippen LogP contribution in [0.3, 0.4) is 0 Å². The lowest BCUT2D eigenvalue weighted by atomic mass is 10.1. The molecule has 21 heavy (non-hydrogen) atoms. The Hall–Kier alpha value is -1.53. The van der Waals surface area contributed by atoms with Crippen LogP contribution in [0.2, 0.25) is 0 Å². The Morgan fingerprint density at radius 1 is 1.19 bits per heavy atom. The Balaban J connectivity index is 2.61. The van der Waals surface area contributed by atoms with Crippen molar-refractivity contribution in [2.45, 2.75) is 30.8 Å². The van der Waals surface area contributed by atoms with Crippen molar-refractivity contribution in [1.82, 2.24) is 9.97 Å². The number of aromatic hydroxyl groups is 1. The number of nitrogens with one attached hydrogen (secondary N) is 2. The van der Waals surface area contributed by atoms with Gasteiger partial charge in [0, 0.05) is 4.75 Å². The second-order valence-corrected chi connectivity index (χ2v) is 8.03. The van der Waals surface area contributed by atoms with Gasteiger partial charge in [0.1, 0.15) is 0 Å². The third-order valence-corrected chi connectivity index (χ3v) is 4.45. The second-order valence-electron chi connectivity index (χ2n) is 5.69. The van der Waals surface area contributed by atoms with Crippen LogP contribution in [0.1, 0.15) is 37.1 Å². The molecular weight excluding hydrogens is 304 g/mol. The van der Waals surface area contributed by atoms with Crippen LogP contribution in [0, 0.1) is 4.77 Å². The van der Waals surface area contributed by atoms with Crippen LogP contribution in [-0.4, -0.2) is 19.8 Å². The monoisotopic (exact) mass is 322 g/mol. The molecule has 2 rings (SSSR count). The highest BCUT2D eigenvalue weighted by Crippen LogP contribution is 2.43. The predicted octanol–water partition coefficient (Wildman–Crippen LogP) is 3.76. The van der Waals surface area contributed by atoms with Crippen LogP contribution in [0.15, 0.2) is 35.1 Å². The zero-order valence-electron chi connectivity index (χ0n) is 12.1. The Labute approximate surface area is 132 Å². The van der Waals surface area contributed by atoms with Gasteiger partial charge in [-0.15, -0.1) is 11.8 Å². The van der Waals surface area contributed by atoms with Crippen molar-refractivity contribution < 1.29 is 5.11 Å². The van der Waals surface area contributed by atoms with Crippen LogP contribution < -0.4 is 5.56 Å². The minimum Gasteiger partial charge on any atom is -0.494 e. The summed E-state index contributed by atoms with van der Waals surface area (Å²) in [5.41, 5.74) is 0.903. The third kappa shape index (κ3) is 3.98. The van der Waals surface area contributed by atoms with E-state index >= 15 is 0 Å². The first kappa shape index (κ1) is 15.9.